The van der Waals surface area contributed by atoms with Gasteiger partial charge in [0.1, 0.15) is 6.33 Å². The molecule has 2 nitrogen and oxygen atoms in total. The van der Waals surface area contributed by atoms with Gasteiger partial charge in [-0.3, -0.25) is 3.97 Å². The SMILES string of the molecule is ClSn1ccnc1. The Morgan fingerprint density at radius 3 is 2.86 bits per heavy atom. The molecule has 0 saturated carbocycles. The van der Waals surface area contributed by atoms with E-state index in [1.165, 1.54) is 0 Å². The number of hydrogen-bond acceptors (Lipinski definition) is 2. The fourth-order valence-electron chi connectivity index (χ4n) is 0.288. The highest BCUT2D eigenvalue weighted by atomic mass is 35.7. The Bertz CT molecular complexity index is 127. The molecule has 0 atom stereocenters. The molecular weight excluding hydrogens is 132 g/mol. The maximum absolute atomic E-state index is 5.31. The van der Waals surface area contributed by atoms with Crippen molar-refractivity contribution in [2.24, 2.45) is 0 Å². The van der Waals surface area contributed by atoms with Crippen molar-refractivity contribution >= 4 is 21.8 Å². The van der Waals surface area contributed by atoms with E-state index >= 15 is 0 Å². The van der Waals surface area contributed by atoms with Gasteiger partial charge in [0.2, 0.25) is 0 Å². The molecular formula is C3H3ClN2S. The number of rotatable bonds is 1. The molecule has 0 fully saturated rings. The van der Waals surface area contributed by atoms with Gasteiger partial charge in [0.25, 0.3) is 0 Å². The van der Waals surface area contributed by atoms with E-state index in [2.05, 4.69) is 4.98 Å². The molecule has 38 valence electrons. The molecule has 0 spiro atoms. The molecule has 0 unspecified atom stereocenters. The van der Waals surface area contributed by atoms with Crippen LogP contribution in [0.15, 0.2) is 18.7 Å². The van der Waals surface area contributed by atoms with Gasteiger partial charge in [-0.25, -0.2) is 4.98 Å². The quantitative estimate of drug-likeness (QED) is 0.580. The second kappa shape index (κ2) is 2.23. The first-order valence-corrected chi connectivity index (χ1v) is 3.30. The summed E-state index contributed by atoms with van der Waals surface area (Å²) in [6.07, 6.45) is 5.09. The van der Waals surface area contributed by atoms with Gasteiger partial charge in [-0.05, 0) is 10.7 Å². The van der Waals surface area contributed by atoms with Crippen molar-refractivity contribution in [2.75, 3.05) is 0 Å². The van der Waals surface area contributed by atoms with Crippen molar-refractivity contribution in [3.05, 3.63) is 18.7 Å². The number of halogens is 1. The Balaban J connectivity index is 2.76. The van der Waals surface area contributed by atoms with Crippen molar-refractivity contribution in [1.29, 1.82) is 0 Å². The van der Waals surface area contributed by atoms with Crippen LogP contribution in [0.5, 0.6) is 0 Å². The number of imidazole rings is 1. The van der Waals surface area contributed by atoms with Gasteiger partial charge in [0.15, 0.2) is 0 Å². The number of hydrogen-bond donors (Lipinski definition) is 0. The molecule has 1 heterocycles. The lowest BCUT2D eigenvalue weighted by Gasteiger charge is -1.83. The standard InChI is InChI=1S/C3H3ClN2S/c4-7-6-2-1-5-3-6/h1-3H. The second-order valence-electron chi connectivity index (χ2n) is 0.992. The van der Waals surface area contributed by atoms with Crippen LogP contribution in [0.25, 0.3) is 0 Å². The van der Waals surface area contributed by atoms with Crippen LogP contribution >= 0.6 is 21.8 Å². The molecule has 0 aliphatic rings. The molecule has 1 aromatic heterocycles. The highest BCUT2D eigenvalue weighted by Gasteiger charge is 1.80. The third-order valence-corrected chi connectivity index (χ3v) is 1.41. The summed E-state index contributed by atoms with van der Waals surface area (Å²) in [6.45, 7) is 0. The molecule has 0 amide bonds. The van der Waals surface area contributed by atoms with Gasteiger partial charge < -0.3 is 0 Å². The van der Waals surface area contributed by atoms with Crippen LogP contribution < -0.4 is 0 Å². The maximum Gasteiger partial charge on any atom is 0.106 e. The predicted octanol–water partition coefficient (Wildman–Crippen LogP) is 1.53. The third-order valence-electron chi connectivity index (χ3n) is 0.560. The minimum Gasteiger partial charge on any atom is -0.267 e. The molecule has 1 rings (SSSR count). The Morgan fingerprint density at radius 2 is 2.57 bits per heavy atom. The predicted molar refractivity (Wildman–Crippen MR) is 31.1 cm³/mol. The van der Waals surface area contributed by atoms with Crippen molar-refractivity contribution in [3.8, 4) is 0 Å². The smallest absolute Gasteiger partial charge is 0.106 e. The van der Waals surface area contributed by atoms with E-state index in [4.69, 9.17) is 10.7 Å². The van der Waals surface area contributed by atoms with Crippen LogP contribution in [-0.2, 0) is 0 Å². The summed E-state index contributed by atoms with van der Waals surface area (Å²) in [5.41, 5.74) is 0. The first-order chi connectivity index (χ1) is 3.43. The van der Waals surface area contributed by atoms with E-state index < -0.39 is 0 Å². The van der Waals surface area contributed by atoms with Crippen molar-refractivity contribution in [3.63, 3.8) is 0 Å². The highest BCUT2D eigenvalue weighted by Crippen LogP contribution is 2.07. The van der Waals surface area contributed by atoms with E-state index in [9.17, 15) is 0 Å². The lowest BCUT2D eigenvalue weighted by atomic mass is 11.0. The summed E-state index contributed by atoms with van der Waals surface area (Å²) >= 11 is 1.10. The second-order valence-corrected chi connectivity index (χ2v) is 1.97. The lowest BCUT2D eigenvalue weighted by molar-refractivity contribution is 1.24. The molecule has 0 aliphatic carbocycles. The van der Waals surface area contributed by atoms with Gasteiger partial charge in [0.05, 0.1) is 11.2 Å². The molecule has 1 aromatic rings. The van der Waals surface area contributed by atoms with Crippen LogP contribution in [-0.4, -0.2) is 8.96 Å². The third kappa shape index (κ3) is 1.11. The Kier molecular flexibility index (Phi) is 1.59. The Morgan fingerprint density at radius 1 is 1.71 bits per heavy atom. The van der Waals surface area contributed by atoms with Crippen LogP contribution in [0.1, 0.15) is 0 Å². The lowest BCUT2D eigenvalue weighted by Crippen LogP contribution is -1.70. The van der Waals surface area contributed by atoms with Crippen LogP contribution in [0, 0.1) is 0 Å². The molecule has 0 bridgehead atoms. The largest absolute Gasteiger partial charge is 0.267 e. The first kappa shape index (κ1) is 5.00. The van der Waals surface area contributed by atoms with Gasteiger partial charge in [-0.2, -0.15) is 0 Å². The Hall–Kier alpha value is -0.150. The highest BCUT2D eigenvalue weighted by molar-refractivity contribution is 8.19. The molecule has 4 heteroatoms. The average Bonchev–Trinajstić information content (AvgIpc) is 2.14. The van der Waals surface area contributed by atoms with E-state index in [0.29, 0.717) is 0 Å². The summed E-state index contributed by atoms with van der Waals surface area (Å²) in [5, 5.41) is 0. The van der Waals surface area contributed by atoms with Gasteiger partial charge in [-0.1, -0.05) is 0 Å². The molecule has 0 saturated heterocycles. The topological polar surface area (TPSA) is 17.8 Å². The molecule has 0 radical (unpaired) electrons. The van der Waals surface area contributed by atoms with Gasteiger partial charge >= 0.3 is 0 Å². The summed E-state index contributed by atoms with van der Waals surface area (Å²) in [5.74, 6) is 0. The van der Waals surface area contributed by atoms with Crippen molar-refractivity contribution < 1.29 is 0 Å². The monoisotopic (exact) mass is 134 g/mol. The molecule has 0 N–H and O–H groups in total. The van der Waals surface area contributed by atoms with Crippen molar-refractivity contribution in [1.82, 2.24) is 8.96 Å². The summed E-state index contributed by atoms with van der Waals surface area (Å²) in [6, 6.07) is 0. The van der Waals surface area contributed by atoms with E-state index in [1.807, 2.05) is 0 Å². The zero-order chi connectivity index (χ0) is 5.11. The normalized spacial score (nSPS) is 9.29. The summed E-state index contributed by atoms with van der Waals surface area (Å²) < 4.78 is 1.70. The fourth-order valence-corrected chi connectivity index (χ4v) is 0.723. The molecule has 0 aromatic carbocycles. The Labute approximate surface area is 50.1 Å². The minimum atomic E-state index is 1.10. The molecule has 7 heavy (non-hydrogen) atoms. The van der Waals surface area contributed by atoms with E-state index in [-0.39, 0.29) is 0 Å². The van der Waals surface area contributed by atoms with Gasteiger partial charge in [0, 0.05) is 12.4 Å². The first-order valence-electron chi connectivity index (χ1n) is 1.70. The summed E-state index contributed by atoms with van der Waals surface area (Å²) in [4.78, 5) is 3.75. The van der Waals surface area contributed by atoms with Crippen molar-refractivity contribution in [2.45, 2.75) is 0 Å². The average molecular weight is 135 g/mol. The van der Waals surface area contributed by atoms with Crippen LogP contribution in [0.3, 0.4) is 0 Å². The minimum absolute atomic E-state index is 1.10. The zero-order valence-electron chi connectivity index (χ0n) is 3.41. The maximum atomic E-state index is 5.31. The van der Waals surface area contributed by atoms with E-state index in [0.717, 1.165) is 11.2 Å². The van der Waals surface area contributed by atoms with Crippen LogP contribution in [0.2, 0.25) is 0 Å². The van der Waals surface area contributed by atoms with Gasteiger partial charge in [-0.15, -0.1) is 0 Å². The molecule has 0 aliphatic heterocycles. The fraction of sp³-hybridized carbons (Fsp3) is 0. The zero-order valence-corrected chi connectivity index (χ0v) is 4.99. The van der Waals surface area contributed by atoms with E-state index in [1.54, 1.807) is 22.7 Å². The number of aromatic nitrogens is 2. The summed E-state index contributed by atoms with van der Waals surface area (Å²) in [7, 11) is 5.31. The van der Waals surface area contributed by atoms with Crippen LogP contribution in [0.4, 0.5) is 0 Å². The number of nitrogens with zero attached hydrogens (tertiary/aromatic N) is 2.